The highest BCUT2D eigenvalue weighted by Crippen LogP contribution is 2.43. The predicted molar refractivity (Wildman–Crippen MR) is 225 cm³/mol. The number of hydrogen-bond donors (Lipinski definition) is 2. The maximum absolute atomic E-state index is 14.5. The summed E-state index contributed by atoms with van der Waals surface area (Å²) < 4.78 is 37.8. The van der Waals surface area contributed by atoms with Gasteiger partial charge in [-0.1, -0.05) is 84.9 Å². The number of aliphatic hydroxyl groups excluding tert-OH is 1. The summed E-state index contributed by atoms with van der Waals surface area (Å²) in [6.07, 6.45) is -4.08. The zero-order chi connectivity index (χ0) is 44.0. The summed E-state index contributed by atoms with van der Waals surface area (Å²) in [5.41, 5.74) is 7.15. The van der Waals surface area contributed by atoms with E-state index in [0.29, 0.717) is 22.1 Å². The van der Waals surface area contributed by atoms with Crippen molar-refractivity contribution in [3.05, 3.63) is 149 Å². The summed E-state index contributed by atoms with van der Waals surface area (Å²) in [6, 6.07) is 31.7. The molecular formula is C45H47N8O9+. The maximum atomic E-state index is 14.5. The van der Waals surface area contributed by atoms with Crippen LogP contribution in [-0.2, 0) is 35.8 Å². The average molecular weight is 844 g/mol. The molecular weight excluding hydrogens is 797 g/mol. The molecule has 62 heavy (non-hydrogen) atoms. The van der Waals surface area contributed by atoms with Crippen LogP contribution in [0.4, 0.5) is 10.6 Å². The normalized spacial score (nSPS) is 18.1. The maximum Gasteiger partial charge on any atom is 0.482 e. The Labute approximate surface area is 357 Å². The van der Waals surface area contributed by atoms with Crippen molar-refractivity contribution in [2.45, 2.75) is 69.0 Å². The van der Waals surface area contributed by atoms with Gasteiger partial charge in [-0.05, 0) is 67.3 Å². The number of imidazole rings is 1. The van der Waals surface area contributed by atoms with Gasteiger partial charge in [0, 0.05) is 6.42 Å². The molecule has 320 valence electrons. The molecule has 2 aromatic heterocycles. The van der Waals surface area contributed by atoms with E-state index in [1.54, 1.807) is 65.3 Å². The number of methoxy groups -OCH3 is 2. The molecule has 4 aromatic carbocycles. The van der Waals surface area contributed by atoms with Crippen molar-refractivity contribution in [1.29, 1.82) is 5.39 Å². The summed E-state index contributed by atoms with van der Waals surface area (Å²) in [5.74, 6) is 0.321. The van der Waals surface area contributed by atoms with Gasteiger partial charge in [-0.3, -0.25) is 4.57 Å². The van der Waals surface area contributed by atoms with Crippen molar-refractivity contribution in [2.24, 2.45) is 0 Å². The van der Waals surface area contributed by atoms with E-state index < -0.39 is 53.8 Å². The van der Waals surface area contributed by atoms with Gasteiger partial charge in [0.15, 0.2) is 23.8 Å². The number of nitrogen functional groups attached to an aromatic ring is 1. The van der Waals surface area contributed by atoms with E-state index in [9.17, 15) is 20.1 Å². The first-order valence-electron chi connectivity index (χ1n) is 19.7. The minimum atomic E-state index is -1.56. The van der Waals surface area contributed by atoms with E-state index in [-0.39, 0.29) is 30.0 Å². The summed E-state index contributed by atoms with van der Waals surface area (Å²) >= 11 is 0. The molecule has 17 nitrogen and oxygen atoms in total. The number of anilines is 1. The highest BCUT2D eigenvalue weighted by Gasteiger charge is 2.52. The molecule has 7 rings (SSSR count). The number of benzene rings is 4. The number of esters is 1. The van der Waals surface area contributed by atoms with Crippen LogP contribution in [-0.4, -0.2) is 92.5 Å². The van der Waals surface area contributed by atoms with Crippen LogP contribution in [0.25, 0.3) is 16.2 Å². The van der Waals surface area contributed by atoms with Gasteiger partial charge in [-0.25, -0.2) is 24.5 Å². The lowest BCUT2D eigenvalue weighted by Crippen LogP contribution is -2.48. The molecule has 0 bridgehead atoms. The number of aromatic nitrogens is 4. The molecule has 0 spiro atoms. The molecule has 5 atom stereocenters. The third-order valence-electron chi connectivity index (χ3n) is 10.4. The first-order chi connectivity index (χ1) is 29.9. The number of fused-ring (bicyclic) bond motifs is 1. The third kappa shape index (κ3) is 8.84. The number of hydrogen-bond acceptors (Lipinski definition) is 14. The third-order valence-corrected chi connectivity index (χ3v) is 10.4. The Morgan fingerprint density at radius 2 is 1.45 bits per heavy atom. The number of aliphatic hydroxyl groups is 1. The van der Waals surface area contributed by atoms with E-state index in [4.69, 9.17) is 34.2 Å². The fourth-order valence-electron chi connectivity index (χ4n) is 7.40. The smallest absolute Gasteiger partial charge is 0.482 e. The largest absolute Gasteiger partial charge is 0.497 e. The van der Waals surface area contributed by atoms with Gasteiger partial charge < -0.3 is 39.3 Å². The van der Waals surface area contributed by atoms with Crippen LogP contribution < -0.4 is 15.2 Å². The Kier molecular flexibility index (Phi) is 12.6. The van der Waals surface area contributed by atoms with Gasteiger partial charge in [-0.2, -0.15) is 0 Å². The summed E-state index contributed by atoms with van der Waals surface area (Å²) in [5, 5.41) is 26.1. The molecule has 17 heteroatoms. The van der Waals surface area contributed by atoms with Gasteiger partial charge in [0.2, 0.25) is 6.04 Å². The minimum absolute atomic E-state index is 0.0906. The summed E-state index contributed by atoms with van der Waals surface area (Å²) in [7, 11) is 3.17. The number of carbonyl (C=O) groups is 2. The molecule has 1 fully saturated rings. The number of rotatable bonds is 14. The van der Waals surface area contributed by atoms with E-state index >= 15 is 0 Å². The first-order valence-corrected chi connectivity index (χ1v) is 19.7. The zero-order valence-electron chi connectivity index (χ0n) is 34.8. The standard InChI is InChI=1S/C45H47N8O9/c1-44(2,3)62-43(56)53(51-47)34(24-28-12-8-6-9-13-28)42(55)61-38-37(54)35(60-41(38)52-27-50-36-39(46)48-26-49-40(36)52)25-59-45(29-14-10-7-11-15-29,30-16-20-32(57-4)21-17-30)31-18-22-33(58-5)23-19-31/h6-23,26-27,34-35,37-38,41,54H,24-25H2,1-5H3,(H2,46,48,49)/q+1/t34?,35-,37-,38-,41-/m1/s1. The fraction of sp³-hybridized carbons (Fsp3) is 0.311. The molecule has 1 aliphatic rings. The van der Waals surface area contributed by atoms with E-state index in [1.165, 1.54) is 17.2 Å². The van der Waals surface area contributed by atoms with Gasteiger partial charge in [0.05, 0.1) is 32.2 Å². The zero-order valence-corrected chi connectivity index (χ0v) is 34.8. The van der Waals surface area contributed by atoms with Gasteiger partial charge >= 0.3 is 17.1 Å². The second kappa shape index (κ2) is 18.2. The highest BCUT2D eigenvalue weighted by molar-refractivity contribution is 5.83. The minimum Gasteiger partial charge on any atom is -0.497 e. The van der Waals surface area contributed by atoms with Crippen LogP contribution in [0.2, 0.25) is 0 Å². The molecule has 1 aliphatic heterocycles. The van der Waals surface area contributed by atoms with Crippen molar-refractivity contribution < 1.29 is 43.1 Å². The summed E-state index contributed by atoms with van der Waals surface area (Å²) in [6.45, 7) is 4.63. The monoisotopic (exact) mass is 843 g/mol. The Balaban J connectivity index is 1.29. The van der Waals surface area contributed by atoms with Crippen LogP contribution in [0.5, 0.6) is 11.5 Å². The van der Waals surface area contributed by atoms with Crippen molar-refractivity contribution in [3.63, 3.8) is 0 Å². The van der Waals surface area contributed by atoms with Crippen LogP contribution >= 0.6 is 0 Å². The number of nitrogens with two attached hydrogens (primary N) is 1. The first kappa shape index (κ1) is 43.0. The predicted octanol–water partition coefficient (Wildman–Crippen LogP) is 6.22. The van der Waals surface area contributed by atoms with Crippen molar-refractivity contribution in [2.75, 3.05) is 26.6 Å². The van der Waals surface area contributed by atoms with Crippen molar-refractivity contribution >= 4 is 29.0 Å². The number of carbonyl (C=O) groups excluding carboxylic acids is 2. The SMILES string of the molecule is COc1ccc(C(OC[C@H]2O[C@@H](n3cnc4c(N)ncnc43)[C@H](OC(=O)C(Cc3ccccc3)N([N+]#N)C(=O)OC(C)(C)C)[C@@H]2O)(c2ccccc2)c2ccc(OC)cc2)cc1. The van der Waals surface area contributed by atoms with Crippen LogP contribution in [0.3, 0.4) is 0 Å². The second-order valence-corrected chi connectivity index (χ2v) is 15.5. The fourth-order valence-corrected chi connectivity index (χ4v) is 7.40. The number of nitrogens with zero attached hydrogens (tertiary/aromatic N) is 7. The lowest BCUT2D eigenvalue weighted by molar-refractivity contribution is -0.163. The molecule has 3 heterocycles. The molecule has 1 amide bonds. The Morgan fingerprint density at radius 1 is 0.871 bits per heavy atom. The van der Waals surface area contributed by atoms with Gasteiger partial charge in [0.1, 0.15) is 46.8 Å². The molecule has 0 aliphatic carbocycles. The lowest BCUT2D eigenvalue weighted by atomic mass is 9.80. The Morgan fingerprint density at radius 3 is 2.02 bits per heavy atom. The molecule has 1 unspecified atom stereocenters. The topological polar surface area (TPSA) is 211 Å². The van der Waals surface area contributed by atoms with E-state index in [0.717, 1.165) is 16.7 Å². The van der Waals surface area contributed by atoms with Crippen molar-refractivity contribution in [3.8, 4) is 11.5 Å². The number of ether oxygens (including phenoxy) is 6. The Hall–Kier alpha value is -7.13. The quantitative estimate of drug-likeness (QED) is 0.0540. The highest BCUT2D eigenvalue weighted by atomic mass is 16.6. The second-order valence-electron chi connectivity index (χ2n) is 15.5. The molecule has 6 aromatic rings. The van der Waals surface area contributed by atoms with Gasteiger partial charge in [0.25, 0.3) is 5.39 Å². The average Bonchev–Trinajstić information content (AvgIpc) is 3.85. The van der Waals surface area contributed by atoms with Crippen LogP contribution in [0.15, 0.2) is 122 Å². The van der Waals surface area contributed by atoms with Gasteiger partial charge in [-0.15, -0.1) is 0 Å². The van der Waals surface area contributed by atoms with E-state index in [1.807, 2.05) is 78.9 Å². The number of amides is 1. The van der Waals surface area contributed by atoms with Crippen LogP contribution in [0.1, 0.15) is 49.3 Å². The van der Waals surface area contributed by atoms with Crippen LogP contribution in [0, 0.1) is 5.39 Å². The number of diazo groups is 1. The van der Waals surface area contributed by atoms with Crippen molar-refractivity contribution in [1.82, 2.24) is 24.5 Å². The molecule has 1 saturated heterocycles. The van der Waals surface area contributed by atoms with E-state index in [2.05, 4.69) is 20.0 Å². The Bertz CT molecular complexity index is 2460. The molecule has 0 saturated carbocycles. The lowest BCUT2D eigenvalue weighted by Gasteiger charge is -2.37. The molecule has 3 N–H and O–H groups in total. The molecule has 0 radical (unpaired) electrons. The summed E-state index contributed by atoms with van der Waals surface area (Å²) in [4.78, 5) is 40.7.